The molecule has 0 aromatic carbocycles. The molecule has 7 nitrogen and oxygen atoms in total. The van der Waals surface area contributed by atoms with Crippen molar-refractivity contribution in [1.82, 2.24) is 9.47 Å². The zero-order chi connectivity index (χ0) is 16.0. The maximum atomic E-state index is 12.5. The Kier molecular flexibility index (Phi) is 3.61. The van der Waals surface area contributed by atoms with E-state index in [0.717, 1.165) is 50.4 Å². The molecule has 3 N–H and O–H groups in total. The zero-order valence-corrected chi connectivity index (χ0v) is 13.2. The molecule has 0 bridgehead atoms. The summed E-state index contributed by atoms with van der Waals surface area (Å²) >= 11 is 0. The van der Waals surface area contributed by atoms with Crippen molar-refractivity contribution in [2.45, 2.75) is 31.3 Å². The van der Waals surface area contributed by atoms with Gasteiger partial charge in [0.1, 0.15) is 5.82 Å². The molecule has 1 amide bonds. The zero-order valence-electron chi connectivity index (χ0n) is 13.2. The van der Waals surface area contributed by atoms with Gasteiger partial charge >= 0.3 is 0 Å². The fraction of sp³-hybridized carbons (Fsp3) is 0.625. The Labute approximate surface area is 135 Å². The number of aromatic nitrogens is 1. The molecule has 4 heterocycles. The molecule has 124 valence electrons. The van der Waals surface area contributed by atoms with E-state index in [2.05, 4.69) is 10.2 Å². The molecule has 1 unspecified atom stereocenters. The monoisotopic (exact) mass is 317 g/mol. The molecule has 3 aliphatic rings. The Morgan fingerprint density at radius 3 is 2.70 bits per heavy atom. The van der Waals surface area contributed by atoms with Gasteiger partial charge in [-0.2, -0.15) is 0 Å². The van der Waals surface area contributed by atoms with Crippen LogP contribution >= 0.6 is 0 Å². The van der Waals surface area contributed by atoms with Gasteiger partial charge in [0.2, 0.25) is 5.91 Å². The van der Waals surface area contributed by atoms with E-state index in [-0.39, 0.29) is 17.5 Å². The number of hydrogen-bond acceptors (Lipinski definition) is 5. The Bertz CT molecular complexity index is 678. The summed E-state index contributed by atoms with van der Waals surface area (Å²) in [6.07, 6.45) is 2.85. The molecule has 7 heteroatoms. The third kappa shape index (κ3) is 2.53. The lowest BCUT2D eigenvalue weighted by Crippen LogP contribution is -2.51. The van der Waals surface area contributed by atoms with Gasteiger partial charge in [0.15, 0.2) is 0 Å². The lowest BCUT2D eigenvalue weighted by atomic mass is 10.0. The number of pyridine rings is 1. The average Bonchev–Trinajstić information content (AvgIpc) is 2.56. The van der Waals surface area contributed by atoms with Crippen LogP contribution in [0, 0.1) is 0 Å². The van der Waals surface area contributed by atoms with Crippen LogP contribution in [0.5, 0.6) is 0 Å². The number of amides is 1. The highest BCUT2D eigenvalue weighted by atomic mass is 16.2. The molecular weight excluding hydrogens is 294 g/mol. The standard InChI is InChI=1S/C16H23N5O2/c17-11-3-6-19(7-4-11)10-12-5-8-20-15(23)9-18-13-1-2-14(22)21(12)16(13)20/h1-2,11-12,18H,3-10,17H2. The summed E-state index contributed by atoms with van der Waals surface area (Å²) in [5, 5.41) is 3.13. The number of nitrogens with one attached hydrogen (secondary N) is 1. The SMILES string of the molecule is NC1CCN(CC2CCN3C(=O)CNc4ccc(=O)n2c43)CC1. The second-order valence-corrected chi connectivity index (χ2v) is 6.76. The van der Waals surface area contributed by atoms with Crippen LogP contribution in [-0.2, 0) is 4.79 Å². The molecule has 1 atom stereocenters. The van der Waals surface area contributed by atoms with E-state index in [0.29, 0.717) is 19.1 Å². The van der Waals surface area contributed by atoms with Crippen molar-refractivity contribution in [3.8, 4) is 0 Å². The molecule has 0 saturated carbocycles. The number of carbonyl (C=O) groups excluding carboxylic acids is 1. The molecule has 0 aliphatic carbocycles. The lowest BCUT2D eigenvalue weighted by Gasteiger charge is -2.41. The average molecular weight is 317 g/mol. The summed E-state index contributed by atoms with van der Waals surface area (Å²) < 4.78 is 1.82. The Morgan fingerprint density at radius 2 is 1.91 bits per heavy atom. The summed E-state index contributed by atoms with van der Waals surface area (Å²) in [7, 11) is 0. The molecule has 1 saturated heterocycles. The minimum absolute atomic E-state index is 0.0244. The quantitative estimate of drug-likeness (QED) is 0.801. The van der Waals surface area contributed by atoms with E-state index in [1.165, 1.54) is 0 Å². The van der Waals surface area contributed by atoms with Crippen LogP contribution in [0.1, 0.15) is 25.3 Å². The molecule has 1 aromatic rings. The maximum absolute atomic E-state index is 12.5. The first kappa shape index (κ1) is 14.7. The largest absolute Gasteiger partial charge is 0.373 e. The molecule has 0 radical (unpaired) electrons. The van der Waals surface area contributed by atoms with Crippen molar-refractivity contribution in [2.75, 3.05) is 42.9 Å². The van der Waals surface area contributed by atoms with E-state index in [9.17, 15) is 9.59 Å². The van der Waals surface area contributed by atoms with Gasteiger partial charge in [-0.15, -0.1) is 0 Å². The number of likely N-dealkylation sites (tertiary alicyclic amines) is 1. The lowest BCUT2D eigenvalue weighted by molar-refractivity contribution is -0.117. The van der Waals surface area contributed by atoms with E-state index >= 15 is 0 Å². The number of nitrogens with two attached hydrogens (primary N) is 1. The fourth-order valence-corrected chi connectivity index (χ4v) is 3.94. The normalized spacial score (nSPS) is 25.2. The van der Waals surface area contributed by atoms with Crippen molar-refractivity contribution in [2.24, 2.45) is 5.73 Å². The van der Waals surface area contributed by atoms with E-state index in [4.69, 9.17) is 5.73 Å². The molecular formula is C16H23N5O2. The molecule has 4 rings (SSSR count). The van der Waals surface area contributed by atoms with Crippen LogP contribution in [-0.4, -0.2) is 54.1 Å². The summed E-state index contributed by atoms with van der Waals surface area (Å²) in [5.74, 6) is 0.790. The minimum atomic E-state index is -0.0244. The number of carbonyl (C=O) groups is 1. The summed E-state index contributed by atoms with van der Waals surface area (Å²) in [4.78, 5) is 28.8. The maximum Gasteiger partial charge on any atom is 0.252 e. The van der Waals surface area contributed by atoms with Crippen LogP contribution in [0.15, 0.2) is 16.9 Å². The van der Waals surface area contributed by atoms with Crippen LogP contribution in [0.3, 0.4) is 0 Å². The Morgan fingerprint density at radius 1 is 1.13 bits per heavy atom. The molecule has 1 fully saturated rings. The van der Waals surface area contributed by atoms with Crippen molar-refractivity contribution in [3.63, 3.8) is 0 Å². The van der Waals surface area contributed by atoms with E-state index in [1.54, 1.807) is 17.0 Å². The highest BCUT2D eigenvalue weighted by Gasteiger charge is 2.35. The van der Waals surface area contributed by atoms with Gasteiger partial charge < -0.3 is 16.0 Å². The van der Waals surface area contributed by atoms with Gasteiger partial charge in [-0.05, 0) is 38.4 Å². The van der Waals surface area contributed by atoms with Crippen molar-refractivity contribution in [3.05, 3.63) is 22.5 Å². The highest BCUT2D eigenvalue weighted by Crippen LogP contribution is 2.35. The molecule has 0 spiro atoms. The Balaban J connectivity index is 1.65. The van der Waals surface area contributed by atoms with E-state index in [1.807, 2.05) is 4.57 Å². The summed E-state index contributed by atoms with van der Waals surface area (Å²) in [6.45, 7) is 3.82. The highest BCUT2D eigenvalue weighted by molar-refractivity contribution is 6.01. The predicted octanol–water partition coefficient (Wildman–Crippen LogP) is -0.0253. The number of anilines is 2. The topological polar surface area (TPSA) is 83.6 Å². The molecule has 1 aromatic heterocycles. The first-order valence-electron chi connectivity index (χ1n) is 8.41. The second kappa shape index (κ2) is 5.65. The van der Waals surface area contributed by atoms with Crippen LogP contribution < -0.4 is 21.5 Å². The number of nitrogens with zero attached hydrogens (tertiary/aromatic N) is 3. The smallest absolute Gasteiger partial charge is 0.252 e. The van der Waals surface area contributed by atoms with Gasteiger partial charge in [0, 0.05) is 25.2 Å². The molecule has 23 heavy (non-hydrogen) atoms. The first-order chi connectivity index (χ1) is 11.1. The van der Waals surface area contributed by atoms with Gasteiger partial charge in [-0.25, -0.2) is 0 Å². The van der Waals surface area contributed by atoms with Crippen molar-refractivity contribution >= 4 is 17.4 Å². The van der Waals surface area contributed by atoms with Crippen molar-refractivity contribution < 1.29 is 4.79 Å². The van der Waals surface area contributed by atoms with E-state index < -0.39 is 0 Å². The van der Waals surface area contributed by atoms with Crippen LogP contribution in [0.25, 0.3) is 0 Å². The second-order valence-electron chi connectivity index (χ2n) is 6.76. The number of piperidine rings is 1. The van der Waals surface area contributed by atoms with Crippen molar-refractivity contribution in [1.29, 1.82) is 0 Å². The third-order valence-electron chi connectivity index (χ3n) is 5.24. The van der Waals surface area contributed by atoms with Gasteiger partial charge in [-0.3, -0.25) is 19.1 Å². The van der Waals surface area contributed by atoms with Crippen LogP contribution in [0.2, 0.25) is 0 Å². The Hall–Kier alpha value is -1.86. The number of rotatable bonds is 2. The molecule has 3 aliphatic heterocycles. The summed E-state index contributed by atoms with van der Waals surface area (Å²) in [5.41, 5.74) is 6.83. The van der Waals surface area contributed by atoms with Crippen LogP contribution in [0.4, 0.5) is 11.5 Å². The third-order valence-corrected chi connectivity index (χ3v) is 5.24. The van der Waals surface area contributed by atoms with Gasteiger partial charge in [0.05, 0.1) is 18.3 Å². The van der Waals surface area contributed by atoms with Gasteiger partial charge in [0.25, 0.3) is 5.56 Å². The number of hydrogen-bond donors (Lipinski definition) is 2. The first-order valence-corrected chi connectivity index (χ1v) is 8.41. The fourth-order valence-electron chi connectivity index (χ4n) is 3.94. The predicted molar refractivity (Wildman–Crippen MR) is 88.8 cm³/mol. The minimum Gasteiger partial charge on any atom is -0.373 e. The summed E-state index contributed by atoms with van der Waals surface area (Å²) in [6, 6.07) is 3.82. The van der Waals surface area contributed by atoms with Gasteiger partial charge in [-0.1, -0.05) is 0 Å².